The number of hydrazine groups is 2. The van der Waals surface area contributed by atoms with Gasteiger partial charge in [0.05, 0.1) is 16.7 Å². The average Bonchev–Trinajstić information content (AvgIpc) is 2.83. The van der Waals surface area contributed by atoms with Crippen molar-refractivity contribution in [2.45, 2.75) is 13.8 Å². The minimum Gasteiger partial charge on any atom is -0.398 e. The number of nitrogens with one attached hydrogen (secondary N) is 3. The summed E-state index contributed by atoms with van der Waals surface area (Å²) in [6.45, 7) is 3.95. The van der Waals surface area contributed by atoms with Crippen LogP contribution in [-0.2, 0) is 0 Å². The first-order valence-corrected chi connectivity index (χ1v) is 12.7. The average molecular weight is 500 g/mol. The van der Waals surface area contributed by atoms with Crippen LogP contribution in [0.25, 0.3) is 21.8 Å². The summed E-state index contributed by atoms with van der Waals surface area (Å²) in [6, 6.07) is 16.0. The number of hydrazone groups is 1. The molecule has 3 heterocycles. The second-order valence-corrected chi connectivity index (χ2v) is 9.68. The SMILES string of the molecule is CSC1=NN(Nc2ccc3nc(C)cc(N)c3c2)NC(Nc2ccc3nc(C)cc(N(C)C)c3c2)=C1. The highest BCUT2D eigenvalue weighted by Gasteiger charge is 2.15. The Kier molecular flexibility index (Phi) is 6.19. The lowest BCUT2D eigenvalue weighted by atomic mass is 10.1. The van der Waals surface area contributed by atoms with Gasteiger partial charge in [-0.2, -0.15) is 0 Å². The van der Waals surface area contributed by atoms with Crippen LogP contribution in [0.2, 0.25) is 0 Å². The fourth-order valence-electron chi connectivity index (χ4n) is 4.16. The van der Waals surface area contributed by atoms with E-state index in [1.54, 1.807) is 17.0 Å². The summed E-state index contributed by atoms with van der Waals surface area (Å²) in [5.74, 6) is 0.783. The third-order valence-corrected chi connectivity index (χ3v) is 6.40. The molecular formula is C26H29N9S. The molecule has 36 heavy (non-hydrogen) atoms. The van der Waals surface area contributed by atoms with Gasteiger partial charge in [-0.25, -0.2) is 5.43 Å². The third kappa shape index (κ3) is 4.80. The quantitative estimate of drug-likeness (QED) is 0.307. The molecule has 2 aromatic carbocycles. The van der Waals surface area contributed by atoms with E-state index < -0.39 is 0 Å². The zero-order chi connectivity index (χ0) is 25.4. The van der Waals surface area contributed by atoms with Crippen molar-refractivity contribution < 1.29 is 0 Å². The lowest BCUT2D eigenvalue weighted by Gasteiger charge is -2.28. The number of rotatable bonds is 5. The largest absolute Gasteiger partial charge is 0.398 e. The van der Waals surface area contributed by atoms with Crippen molar-refractivity contribution in [1.82, 2.24) is 20.6 Å². The molecule has 5 rings (SSSR count). The number of benzene rings is 2. The Bertz CT molecular complexity index is 1530. The molecule has 0 spiro atoms. The molecule has 0 unspecified atom stereocenters. The number of thioether (sulfide) groups is 1. The Morgan fingerprint density at radius 2 is 1.58 bits per heavy atom. The minimum absolute atomic E-state index is 0.696. The summed E-state index contributed by atoms with van der Waals surface area (Å²) < 4.78 is 0. The minimum atomic E-state index is 0.696. The normalized spacial score (nSPS) is 13.3. The van der Waals surface area contributed by atoms with E-state index in [1.165, 1.54) is 0 Å². The van der Waals surface area contributed by atoms with Crippen molar-refractivity contribution in [3.8, 4) is 0 Å². The Labute approximate surface area is 214 Å². The maximum absolute atomic E-state index is 6.23. The van der Waals surface area contributed by atoms with Gasteiger partial charge in [0.15, 0.2) is 0 Å². The lowest BCUT2D eigenvalue weighted by molar-refractivity contribution is 0.273. The molecule has 9 nitrogen and oxygen atoms in total. The van der Waals surface area contributed by atoms with Gasteiger partial charge in [-0.3, -0.25) is 15.4 Å². The van der Waals surface area contributed by atoms with Crippen molar-refractivity contribution in [1.29, 1.82) is 0 Å². The van der Waals surface area contributed by atoms with Gasteiger partial charge in [0.1, 0.15) is 10.9 Å². The second kappa shape index (κ2) is 9.46. The molecule has 0 fully saturated rings. The van der Waals surface area contributed by atoms with Crippen LogP contribution in [0.15, 0.2) is 65.5 Å². The number of anilines is 4. The topological polar surface area (TPSA) is 107 Å². The molecular weight excluding hydrogens is 470 g/mol. The molecule has 0 radical (unpaired) electrons. The Morgan fingerprint density at radius 3 is 2.31 bits per heavy atom. The Morgan fingerprint density at radius 1 is 0.917 bits per heavy atom. The van der Waals surface area contributed by atoms with Gasteiger partial charge in [0, 0.05) is 59.4 Å². The molecule has 5 N–H and O–H groups in total. The number of nitrogens with zero attached hydrogens (tertiary/aromatic N) is 5. The standard InChI is InChI=1S/C26H29N9S/c1-15-10-21(27)19-13-18(7-9-22(19)28-15)31-35-32-25(14-26(33-35)36-5)30-17-6-8-23-20(12-17)24(34(3)4)11-16(2)29-23/h6-14,30-32H,1-5H3,(H2,27,28). The van der Waals surface area contributed by atoms with Crippen LogP contribution in [0.4, 0.5) is 22.7 Å². The van der Waals surface area contributed by atoms with Gasteiger partial charge >= 0.3 is 0 Å². The highest BCUT2D eigenvalue weighted by Crippen LogP contribution is 2.29. The van der Waals surface area contributed by atoms with Crippen LogP contribution in [0.3, 0.4) is 0 Å². The number of nitrogens with two attached hydrogens (primary N) is 1. The number of fused-ring (bicyclic) bond motifs is 2. The molecule has 2 aromatic heterocycles. The van der Waals surface area contributed by atoms with Crippen LogP contribution in [0, 0.1) is 13.8 Å². The van der Waals surface area contributed by atoms with Gasteiger partial charge in [-0.1, -0.05) is 0 Å². The summed E-state index contributed by atoms with van der Waals surface area (Å²) in [5.41, 5.74) is 20.1. The highest BCUT2D eigenvalue weighted by molar-refractivity contribution is 8.13. The second-order valence-electron chi connectivity index (χ2n) is 8.85. The van der Waals surface area contributed by atoms with E-state index in [0.717, 1.165) is 61.1 Å². The first-order valence-electron chi connectivity index (χ1n) is 11.5. The van der Waals surface area contributed by atoms with Crippen LogP contribution in [-0.4, -0.2) is 40.6 Å². The summed E-state index contributed by atoms with van der Waals surface area (Å²) in [5, 5.41) is 12.5. The number of pyridine rings is 2. The van der Waals surface area contributed by atoms with Crippen LogP contribution >= 0.6 is 11.8 Å². The van der Waals surface area contributed by atoms with Crippen LogP contribution in [0.1, 0.15) is 11.4 Å². The van der Waals surface area contributed by atoms with E-state index in [2.05, 4.69) is 48.3 Å². The van der Waals surface area contributed by atoms with E-state index in [0.29, 0.717) is 5.69 Å². The van der Waals surface area contributed by atoms with E-state index in [-0.39, 0.29) is 0 Å². The molecule has 4 aromatic rings. The van der Waals surface area contributed by atoms with Crippen molar-refractivity contribution in [3.63, 3.8) is 0 Å². The molecule has 0 saturated carbocycles. The molecule has 0 amide bonds. The Hall–Kier alpha value is -4.18. The summed E-state index contributed by atoms with van der Waals surface area (Å²) in [4.78, 5) is 11.3. The molecule has 1 aliphatic rings. The zero-order valence-electron chi connectivity index (χ0n) is 20.9. The van der Waals surface area contributed by atoms with E-state index in [1.807, 2.05) is 76.7 Å². The molecule has 0 atom stereocenters. The number of aromatic nitrogens is 2. The summed E-state index contributed by atoms with van der Waals surface area (Å²) >= 11 is 1.56. The molecule has 10 heteroatoms. The highest BCUT2D eigenvalue weighted by atomic mass is 32.2. The number of nitrogen functional groups attached to an aromatic ring is 1. The molecule has 0 aliphatic carbocycles. The van der Waals surface area contributed by atoms with Gasteiger partial charge in [-0.05, 0) is 68.6 Å². The van der Waals surface area contributed by atoms with Gasteiger partial charge in [0.25, 0.3) is 0 Å². The zero-order valence-corrected chi connectivity index (χ0v) is 21.7. The predicted molar refractivity (Wildman–Crippen MR) is 153 cm³/mol. The lowest BCUT2D eigenvalue weighted by Crippen LogP contribution is -2.42. The third-order valence-electron chi connectivity index (χ3n) is 5.78. The maximum Gasteiger partial charge on any atom is 0.128 e. The number of hydrogen-bond donors (Lipinski definition) is 4. The van der Waals surface area contributed by atoms with Gasteiger partial charge < -0.3 is 16.0 Å². The predicted octanol–water partition coefficient (Wildman–Crippen LogP) is 4.83. The number of aryl methyl sites for hydroxylation is 2. The van der Waals surface area contributed by atoms with Crippen molar-refractivity contribution >= 4 is 61.4 Å². The first kappa shape index (κ1) is 23.6. The summed E-state index contributed by atoms with van der Waals surface area (Å²) in [6.07, 6.45) is 3.97. The Balaban J connectivity index is 1.39. The smallest absolute Gasteiger partial charge is 0.128 e. The van der Waals surface area contributed by atoms with Crippen molar-refractivity contribution in [2.75, 3.05) is 41.7 Å². The fourth-order valence-corrected chi connectivity index (χ4v) is 4.56. The van der Waals surface area contributed by atoms with Crippen LogP contribution < -0.4 is 26.8 Å². The monoisotopic (exact) mass is 499 g/mol. The van der Waals surface area contributed by atoms with E-state index >= 15 is 0 Å². The van der Waals surface area contributed by atoms with Crippen molar-refractivity contribution in [2.24, 2.45) is 5.10 Å². The fraction of sp³-hybridized carbons (Fsp3) is 0.192. The molecule has 0 saturated heterocycles. The molecule has 1 aliphatic heterocycles. The number of hydrogen-bond acceptors (Lipinski definition) is 10. The maximum atomic E-state index is 6.23. The molecule has 184 valence electrons. The van der Waals surface area contributed by atoms with Crippen LogP contribution in [0.5, 0.6) is 0 Å². The molecule has 0 bridgehead atoms. The first-order chi connectivity index (χ1) is 17.3. The van der Waals surface area contributed by atoms with E-state index in [9.17, 15) is 0 Å². The van der Waals surface area contributed by atoms with Crippen molar-refractivity contribution in [3.05, 3.63) is 71.8 Å². The van der Waals surface area contributed by atoms with Gasteiger partial charge in [-0.15, -0.1) is 22.1 Å². The van der Waals surface area contributed by atoms with Gasteiger partial charge in [0.2, 0.25) is 0 Å². The summed E-state index contributed by atoms with van der Waals surface area (Å²) in [7, 11) is 4.09. The van der Waals surface area contributed by atoms with E-state index in [4.69, 9.17) is 5.73 Å².